The first-order valence-corrected chi connectivity index (χ1v) is 5.64. The highest BCUT2D eigenvalue weighted by Crippen LogP contribution is 1.90. The van der Waals surface area contributed by atoms with E-state index in [1.165, 1.54) is 4.90 Å². The first-order valence-electron chi connectivity index (χ1n) is 5.64. The molecule has 0 atom stereocenters. The minimum Gasteiger partial charge on any atom is -0.464 e. The molecule has 0 aromatic rings. The second-order valence-corrected chi connectivity index (χ2v) is 3.29. The molecule has 6 nitrogen and oxygen atoms in total. The molecule has 0 saturated heterocycles. The van der Waals surface area contributed by atoms with Crippen molar-refractivity contribution in [3.63, 3.8) is 0 Å². The maximum Gasteiger partial charge on any atom is 0.305 e. The third-order valence-electron chi connectivity index (χ3n) is 2.01. The zero-order valence-electron chi connectivity index (χ0n) is 10.3. The van der Waals surface area contributed by atoms with Gasteiger partial charge in [-0.15, -0.1) is 0 Å². The third-order valence-corrected chi connectivity index (χ3v) is 2.01. The summed E-state index contributed by atoms with van der Waals surface area (Å²) in [6.07, 6.45) is 1.27. The van der Waals surface area contributed by atoms with E-state index in [-0.39, 0.29) is 25.2 Å². The van der Waals surface area contributed by atoms with E-state index in [1.807, 2.05) is 0 Å². The summed E-state index contributed by atoms with van der Waals surface area (Å²) < 4.78 is 9.65. The van der Waals surface area contributed by atoms with Crippen LogP contribution in [-0.4, -0.2) is 49.6 Å². The zero-order chi connectivity index (χ0) is 13.1. The van der Waals surface area contributed by atoms with Gasteiger partial charge in [0.25, 0.3) is 0 Å². The van der Waals surface area contributed by atoms with E-state index < -0.39 is 0 Å². The average Bonchev–Trinajstić information content (AvgIpc) is 2.36. The van der Waals surface area contributed by atoms with Crippen LogP contribution in [0.5, 0.6) is 0 Å². The monoisotopic (exact) mass is 245 g/mol. The molecule has 0 unspecified atom stereocenters. The summed E-state index contributed by atoms with van der Waals surface area (Å²) in [5, 5.41) is 0. The number of hydrogen-bond acceptors (Lipinski definition) is 5. The Hall–Kier alpha value is -1.59. The Balaban J connectivity index is 3.66. The molecule has 0 aliphatic heterocycles. The summed E-state index contributed by atoms with van der Waals surface area (Å²) in [4.78, 5) is 33.7. The van der Waals surface area contributed by atoms with Gasteiger partial charge in [0.05, 0.1) is 13.1 Å². The molecule has 0 heterocycles. The first-order chi connectivity index (χ1) is 8.13. The number of rotatable bonds is 9. The lowest BCUT2D eigenvalue weighted by molar-refractivity contribution is -0.145. The molecular formula is C11H19NO5. The molecule has 98 valence electrons. The second-order valence-electron chi connectivity index (χ2n) is 3.29. The molecule has 0 N–H and O–H groups in total. The lowest BCUT2D eigenvalue weighted by Gasteiger charge is -2.16. The molecule has 0 aliphatic rings. The van der Waals surface area contributed by atoms with Crippen LogP contribution >= 0.6 is 0 Å². The number of carbonyl (C=O) groups excluding carboxylic acids is 3. The van der Waals surface area contributed by atoms with Gasteiger partial charge in [0.2, 0.25) is 6.41 Å². The van der Waals surface area contributed by atoms with Gasteiger partial charge in [-0.1, -0.05) is 13.8 Å². The highest BCUT2D eigenvalue weighted by Gasteiger charge is 2.05. The Morgan fingerprint density at radius 1 is 1.00 bits per heavy atom. The van der Waals surface area contributed by atoms with Crippen LogP contribution in [0.3, 0.4) is 0 Å². The molecule has 0 bridgehead atoms. The molecular weight excluding hydrogens is 226 g/mol. The van der Waals surface area contributed by atoms with Crippen molar-refractivity contribution < 1.29 is 23.9 Å². The van der Waals surface area contributed by atoms with E-state index in [4.69, 9.17) is 9.47 Å². The zero-order valence-corrected chi connectivity index (χ0v) is 10.3. The molecule has 6 heteroatoms. The number of esters is 2. The number of ether oxygens (including phenoxy) is 2. The largest absolute Gasteiger partial charge is 0.464 e. The molecule has 1 amide bonds. The highest BCUT2D eigenvalue weighted by atomic mass is 16.5. The molecule has 0 radical (unpaired) electrons. The Kier molecular flexibility index (Phi) is 8.72. The van der Waals surface area contributed by atoms with Gasteiger partial charge >= 0.3 is 11.9 Å². The van der Waals surface area contributed by atoms with Gasteiger partial charge in [-0.25, -0.2) is 0 Å². The van der Waals surface area contributed by atoms with Crippen LogP contribution in [-0.2, 0) is 23.9 Å². The van der Waals surface area contributed by atoms with E-state index in [2.05, 4.69) is 0 Å². The summed E-state index contributed by atoms with van der Waals surface area (Å²) in [6.45, 7) is 4.33. The van der Waals surface area contributed by atoms with E-state index in [0.717, 1.165) is 0 Å². The van der Waals surface area contributed by atoms with Gasteiger partial charge in [-0.3, -0.25) is 14.4 Å². The predicted molar refractivity (Wildman–Crippen MR) is 60.1 cm³/mol. The van der Waals surface area contributed by atoms with E-state index >= 15 is 0 Å². The van der Waals surface area contributed by atoms with Crippen LogP contribution < -0.4 is 0 Å². The van der Waals surface area contributed by atoms with Crippen LogP contribution in [0.1, 0.15) is 26.7 Å². The fraction of sp³-hybridized carbons (Fsp3) is 0.727. The topological polar surface area (TPSA) is 72.9 Å². The highest BCUT2D eigenvalue weighted by molar-refractivity contribution is 5.69. The Morgan fingerprint density at radius 2 is 1.41 bits per heavy atom. The maximum absolute atomic E-state index is 10.8. The van der Waals surface area contributed by atoms with Crippen LogP contribution in [0.4, 0.5) is 0 Å². The van der Waals surface area contributed by atoms with E-state index in [9.17, 15) is 14.4 Å². The quantitative estimate of drug-likeness (QED) is 0.433. The van der Waals surface area contributed by atoms with Gasteiger partial charge in [-0.05, 0) is 0 Å². The van der Waals surface area contributed by atoms with Gasteiger partial charge < -0.3 is 14.4 Å². The SMILES string of the molecule is CCC(=O)OCCN(C=O)CCOC(=O)CC. The number of hydrogen-bond donors (Lipinski definition) is 0. The van der Waals surface area contributed by atoms with Crippen molar-refractivity contribution in [2.45, 2.75) is 26.7 Å². The Bertz CT molecular complexity index is 232. The molecule has 0 aromatic heterocycles. The normalized spacial score (nSPS) is 9.53. The van der Waals surface area contributed by atoms with Crippen molar-refractivity contribution in [1.29, 1.82) is 0 Å². The summed E-state index contributed by atoms with van der Waals surface area (Å²) in [6, 6.07) is 0. The van der Waals surface area contributed by atoms with Crippen molar-refractivity contribution in [3.8, 4) is 0 Å². The van der Waals surface area contributed by atoms with E-state index in [1.54, 1.807) is 13.8 Å². The summed E-state index contributed by atoms with van der Waals surface area (Å²) in [5.41, 5.74) is 0. The van der Waals surface area contributed by atoms with Gasteiger partial charge in [-0.2, -0.15) is 0 Å². The summed E-state index contributed by atoms with van der Waals surface area (Å²) in [7, 11) is 0. The van der Waals surface area contributed by atoms with Crippen molar-refractivity contribution in [1.82, 2.24) is 4.90 Å². The molecule has 0 spiro atoms. The van der Waals surface area contributed by atoms with Crippen LogP contribution in [0.25, 0.3) is 0 Å². The predicted octanol–water partition coefficient (Wildman–Crippen LogP) is 0.351. The molecule has 0 fully saturated rings. The van der Waals surface area contributed by atoms with Crippen LogP contribution in [0.2, 0.25) is 0 Å². The molecule has 0 aromatic carbocycles. The Labute approximate surface area is 101 Å². The van der Waals surface area contributed by atoms with Crippen molar-refractivity contribution in [2.24, 2.45) is 0 Å². The summed E-state index contributed by atoms with van der Waals surface area (Å²) >= 11 is 0. The number of nitrogens with zero attached hydrogens (tertiary/aromatic N) is 1. The Morgan fingerprint density at radius 3 is 1.71 bits per heavy atom. The van der Waals surface area contributed by atoms with E-state index in [0.29, 0.717) is 32.3 Å². The molecule has 0 aliphatic carbocycles. The molecule has 17 heavy (non-hydrogen) atoms. The lowest BCUT2D eigenvalue weighted by atomic mass is 10.5. The fourth-order valence-electron chi connectivity index (χ4n) is 0.975. The number of carbonyl (C=O) groups is 3. The fourth-order valence-corrected chi connectivity index (χ4v) is 0.975. The van der Waals surface area contributed by atoms with Gasteiger partial charge in [0.15, 0.2) is 0 Å². The number of amides is 1. The van der Waals surface area contributed by atoms with Crippen LogP contribution in [0.15, 0.2) is 0 Å². The molecule has 0 rings (SSSR count). The molecule has 0 saturated carbocycles. The van der Waals surface area contributed by atoms with Crippen molar-refractivity contribution in [2.75, 3.05) is 26.3 Å². The second kappa shape index (κ2) is 9.62. The minimum absolute atomic E-state index is 0.160. The smallest absolute Gasteiger partial charge is 0.305 e. The average molecular weight is 245 g/mol. The van der Waals surface area contributed by atoms with Crippen LogP contribution in [0, 0.1) is 0 Å². The first kappa shape index (κ1) is 15.4. The van der Waals surface area contributed by atoms with Crippen molar-refractivity contribution in [3.05, 3.63) is 0 Å². The van der Waals surface area contributed by atoms with Crippen molar-refractivity contribution >= 4 is 18.3 Å². The maximum atomic E-state index is 10.8. The summed E-state index contributed by atoms with van der Waals surface area (Å²) in [5.74, 6) is -0.596. The standard InChI is InChI=1S/C11H19NO5/c1-3-10(14)16-7-5-12(9-13)6-8-17-11(15)4-2/h9H,3-8H2,1-2H3. The minimum atomic E-state index is -0.298. The van der Waals surface area contributed by atoms with Gasteiger partial charge in [0.1, 0.15) is 13.2 Å². The lowest BCUT2D eigenvalue weighted by Crippen LogP contribution is -2.30. The third kappa shape index (κ3) is 8.24. The van der Waals surface area contributed by atoms with Gasteiger partial charge in [0, 0.05) is 12.8 Å².